The number of fused-ring (bicyclic) bond motifs is 1. The van der Waals surface area contributed by atoms with Crippen molar-refractivity contribution in [2.24, 2.45) is 7.05 Å². The van der Waals surface area contributed by atoms with E-state index in [0.717, 1.165) is 50.2 Å². The molecule has 0 bridgehead atoms. The molecule has 0 unspecified atom stereocenters. The minimum Gasteiger partial charge on any atom is -0.507 e. The van der Waals surface area contributed by atoms with Gasteiger partial charge in [-0.25, -0.2) is 4.98 Å². The smallest absolute Gasteiger partial charge is 0.144 e. The molecule has 0 fully saturated rings. The molecule has 5 nitrogen and oxygen atoms in total. The van der Waals surface area contributed by atoms with Gasteiger partial charge in [0.05, 0.1) is 30.5 Å². The van der Waals surface area contributed by atoms with Gasteiger partial charge in [0.15, 0.2) is 0 Å². The number of hydrogen-bond donors (Lipinski definition) is 1. The van der Waals surface area contributed by atoms with Crippen molar-refractivity contribution in [3.63, 3.8) is 0 Å². The lowest BCUT2D eigenvalue weighted by Crippen LogP contribution is -2.39. The summed E-state index contributed by atoms with van der Waals surface area (Å²) in [5.41, 5.74) is 11.4. The molecule has 1 N–H and O–H groups in total. The summed E-state index contributed by atoms with van der Waals surface area (Å²) in [6.45, 7) is 13.4. The topological polar surface area (TPSA) is 63.8 Å². The standard InChI is InChI=1S/C43H42N4OSi/c1-43(2,3)35-20-14-19-33(41(35)48)42-46-40-37(47(42)4)21-22-44-39(40)32-24-30(28-15-10-8-11-16-28)23-31(25-32)36-26-34(29-17-12-9-13-18-29)38(27-45-36)49(5,6)7/h8-27,48H,1-7H3. The van der Waals surface area contributed by atoms with Crippen LogP contribution >= 0.6 is 0 Å². The normalized spacial score (nSPS) is 12.1. The Balaban J connectivity index is 1.44. The number of para-hydroxylation sites is 1. The third-order valence-corrected chi connectivity index (χ3v) is 11.3. The number of aromatic hydroxyl groups is 1. The van der Waals surface area contributed by atoms with Gasteiger partial charge in [-0.15, -0.1) is 0 Å². The number of imidazole rings is 1. The zero-order valence-corrected chi connectivity index (χ0v) is 30.3. The van der Waals surface area contributed by atoms with Gasteiger partial charge in [-0.1, -0.05) is 113 Å². The zero-order valence-electron chi connectivity index (χ0n) is 29.3. The van der Waals surface area contributed by atoms with Gasteiger partial charge in [0, 0.05) is 30.6 Å². The van der Waals surface area contributed by atoms with Crippen molar-refractivity contribution in [1.29, 1.82) is 0 Å². The molecule has 3 aromatic heterocycles. The molecule has 0 saturated heterocycles. The summed E-state index contributed by atoms with van der Waals surface area (Å²) < 4.78 is 2.05. The maximum absolute atomic E-state index is 11.4. The first-order chi connectivity index (χ1) is 23.4. The lowest BCUT2D eigenvalue weighted by Gasteiger charge is -2.22. The maximum Gasteiger partial charge on any atom is 0.144 e. The SMILES string of the molecule is Cn1c(-c2cccc(C(C)(C)C)c2O)nc2c(-c3cc(-c4ccccc4)cc(-c4cc(-c5ccccc5)c([Si](C)(C)C)cn4)c3)nccc21. The highest BCUT2D eigenvalue weighted by Crippen LogP contribution is 2.40. The summed E-state index contributed by atoms with van der Waals surface area (Å²) in [6, 6.07) is 37.9. The van der Waals surface area contributed by atoms with Crippen LogP contribution in [0, 0.1) is 0 Å². The highest BCUT2D eigenvalue weighted by Gasteiger charge is 2.25. The highest BCUT2D eigenvalue weighted by molar-refractivity contribution is 6.89. The summed E-state index contributed by atoms with van der Waals surface area (Å²) in [6.07, 6.45) is 3.94. The molecule has 0 aliphatic carbocycles. The van der Waals surface area contributed by atoms with Crippen LogP contribution in [0.3, 0.4) is 0 Å². The molecule has 0 aliphatic heterocycles. The summed E-state index contributed by atoms with van der Waals surface area (Å²) in [7, 11) is 0.306. The lowest BCUT2D eigenvalue weighted by molar-refractivity contribution is 0.448. The molecule has 4 aromatic carbocycles. The minimum absolute atomic E-state index is 0.215. The fourth-order valence-corrected chi connectivity index (χ4v) is 8.15. The summed E-state index contributed by atoms with van der Waals surface area (Å²) in [4.78, 5) is 15.2. The fourth-order valence-electron chi connectivity index (χ4n) is 6.68. The minimum atomic E-state index is -1.69. The van der Waals surface area contributed by atoms with E-state index in [1.807, 2.05) is 48.1 Å². The number of rotatable bonds is 6. The summed E-state index contributed by atoms with van der Waals surface area (Å²) in [5.74, 6) is 0.960. The Morgan fingerprint density at radius 2 is 1.31 bits per heavy atom. The van der Waals surface area contributed by atoms with Gasteiger partial charge >= 0.3 is 0 Å². The van der Waals surface area contributed by atoms with Crippen LogP contribution in [-0.4, -0.2) is 32.7 Å². The molecule has 0 saturated carbocycles. The first-order valence-electron chi connectivity index (χ1n) is 16.8. The van der Waals surface area contributed by atoms with Crippen molar-refractivity contribution in [2.75, 3.05) is 0 Å². The van der Waals surface area contributed by atoms with Crippen molar-refractivity contribution in [3.8, 4) is 61.9 Å². The van der Waals surface area contributed by atoms with Crippen molar-refractivity contribution in [2.45, 2.75) is 45.8 Å². The van der Waals surface area contributed by atoms with E-state index in [9.17, 15) is 5.11 Å². The number of benzene rings is 4. The Bertz CT molecular complexity index is 2310. The van der Waals surface area contributed by atoms with Gasteiger partial charge in [-0.3, -0.25) is 9.97 Å². The monoisotopic (exact) mass is 658 g/mol. The zero-order chi connectivity index (χ0) is 34.5. The Hall–Kier alpha value is -5.33. The van der Waals surface area contributed by atoms with Crippen LogP contribution in [0.5, 0.6) is 5.75 Å². The largest absolute Gasteiger partial charge is 0.507 e. The Morgan fingerprint density at radius 3 is 1.98 bits per heavy atom. The molecular weight excluding hydrogens is 617 g/mol. The van der Waals surface area contributed by atoms with Crippen molar-refractivity contribution < 1.29 is 5.11 Å². The second-order valence-electron chi connectivity index (χ2n) is 14.9. The van der Waals surface area contributed by atoms with Gasteiger partial charge < -0.3 is 9.67 Å². The van der Waals surface area contributed by atoms with Crippen LogP contribution < -0.4 is 5.19 Å². The van der Waals surface area contributed by atoms with Crippen LogP contribution in [0.1, 0.15) is 26.3 Å². The van der Waals surface area contributed by atoms with E-state index in [1.54, 1.807) is 0 Å². The van der Waals surface area contributed by atoms with Crippen LogP contribution in [0.4, 0.5) is 0 Å². The van der Waals surface area contributed by atoms with Crippen molar-refractivity contribution in [1.82, 2.24) is 19.5 Å². The molecule has 3 heterocycles. The number of nitrogens with zero attached hydrogens (tertiary/aromatic N) is 4. The molecule has 0 atom stereocenters. The third kappa shape index (κ3) is 6.09. The Kier molecular flexibility index (Phi) is 8.08. The number of aryl methyl sites for hydroxylation is 1. The van der Waals surface area contributed by atoms with E-state index >= 15 is 0 Å². The molecule has 6 heteroatoms. The van der Waals surface area contributed by atoms with E-state index < -0.39 is 8.07 Å². The molecule has 7 rings (SSSR count). The van der Waals surface area contributed by atoms with Crippen molar-refractivity contribution in [3.05, 3.63) is 127 Å². The molecule has 0 spiro atoms. The number of phenols is 1. The van der Waals surface area contributed by atoms with Crippen LogP contribution in [-0.2, 0) is 12.5 Å². The summed E-state index contributed by atoms with van der Waals surface area (Å²) in [5, 5.41) is 12.8. The molecule has 0 aliphatic rings. The van der Waals surface area contributed by atoms with E-state index in [1.165, 1.54) is 16.3 Å². The van der Waals surface area contributed by atoms with Crippen LogP contribution in [0.2, 0.25) is 19.6 Å². The fraction of sp³-hybridized carbons (Fsp3) is 0.186. The number of aromatic nitrogens is 4. The van der Waals surface area contributed by atoms with Gasteiger partial charge in [-0.05, 0) is 74.8 Å². The number of hydrogen-bond acceptors (Lipinski definition) is 4. The van der Waals surface area contributed by atoms with Gasteiger partial charge in [0.2, 0.25) is 0 Å². The maximum atomic E-state index is 11.4. The molecule has 0 amide bonds. The first kappa shape index (κ1) is 32.2. The van der Waals surface area contributed by atoms with Gasteiger partial charge in [0.1, 0.15) is 17.1 Å². The summed E-state index contributed by atoms with van der Waals surface area (Å²) >= 11 is 0. The van der Waals surface area contributed by atoms with Crippen LogP contribution in [0.25, 0.3) is 67.2 Å². The number of pyridine rings is 2. The second-order valence-corrected chi connectivity index (χ2v) is 19.9. The van der Waals surface area contributed by atoms with E-state index in [4.69, 9.17) is 15.0 Å². The van der Waals surface area contributed by atoms with E-state index in [2.05, 4.69) is 125 Å². The quantitative estimate of drug-likeness (QED) is 0.181. The van der Waals surface area contributed by atoms with Gasteiger partial charge in [0.25, 0.3) is 0 Å². The average molecular weight is 659 g/mol. The molecule has 49 heavy (non-hydrogen) atoms. The molecule has 7 aromatic rings. The molecule has 244 valence electrons. The first-order valence-corrected chi connectivity index (χ1v) is 20.3. The predicted octanol–water partition coefficient (Wildman–Crippen LogP) is 10.2. The van der Waals surface area contributed by atoms with E-state index in [-0.39, 0.29) is 11.2 Å². The number of phenolic OH excluding ortho intramolecular Hbond substituents is 1. The lowest BCUT2D eigenvalue weighted by atomic mass is 9.85. The average Bonchev–Trinajstić information content (AvgIpc) is 3.43. The van der Waals surface area contributed by atoms with Crippen LogP contribution in [0.15, 0.2) is 122 Å². The predicted molar refractivity (Wildman–Crippen MR) is 207 cm³/mol. The molecular formula is C43H42N4OSi. The van der Waals surface area contributed by atoms with E-state index in [0.29, 0.717) is 11.4 Å². The third-order valence-electron chi connectivity index (χ3n) is 9.29. The van der Waals surface area contributed by atoms with Gasteiger partial charge in [-0.2, -0.15) is 0 Å². The molecule has 0 radical (unpaired) electrons. The van der Waals surface area contributed by atoms with Crippen molar-refractivity contribution >= 4 is 24.3 Å². The Morgan fingerprint density at radius 1 is 0.653 bits per heavy atom. The Labute approximate surface area is 290 Å². The highest BCUT2D eigenvalue weighted by atomic mass is 28.3. The second kappa shape index (κ2) is 12.3.